The van der Waals surface area contributed by atoms with Crippen molar-refractivity contribution in [3.05, 3.63) is 21.9 Å². The first-order chi connectivity index (χ1) is 13.4. The van der Waals surface area contributed by atoms with Crippen LogP contribution < -0.4 is 10.6 Å². The summed E-state index contributed by atoms with van der Waals surface area (Å²) < 4.78 is 0. The molecule has 6 nitrogen and oxygen atoms in total. The third-order valence-corrected chi connectivity index (χ3v) is 7.29. The third kappa shape index (κ3) is 4.69. The van der Waals surface area contributed by atoms with E-state index in [-0.39, 0.29) is 11.3 Å². The fraction of sp³-hybridized carbons (Fsp3) is 0.714. The van der Waals surface area contributed by atoms with E-state index in [9.17, 15) is 4.79 Å². The lowest BCUT2D eigenvalue weighted by Gasteiger charge is -2.33. The molecule has 1 aliphatic carbocycles. The standard InChI is InChI=1S/C21H35N5OS/c1-16(26-11-7-18-17(14-26)8-12-28-18)13-23-20(22-2)24-15-21(9-5-6-10-21)19(27)25(3)4/h8,12,16H,5-7,9-11,13-15H2,1-4H3,(H2,22,23,24). The number of nitrogens with zero attached hydrogens (tertiary/aromatic N) is 3. The number of guanidine groups is 1. The Kier molecular flexibility index (Phi) is 6.99. The van der Waals surface area contributed by atoms with Crippen LogP contribution in [-0.4, -0.2) is 68.5 Å². The highest BCUT2D eigenvalue weighted by Crippen LogP contribution is 2.38. The van der Waals surface area contributed by atoms with Crippen LogP contribution in [0.25, 0.3) is 0 Å². The summed E-state index contributed by atoms with van der Waals surface area (Å²) in [5.74, 6) is 1.03. The highest BCUT2D eigenvalue weighted by Gasteiger charge is 2.42. The fourth-order valence-corrected chi connectivity index (χ4v) is 5.38. The van der Waals surface area contributed by atoms with Crippen molar-refractivity contribution >= 4 is 23.2 Å². The molecule has 1 unspecified atom stereocenters. The summed E-state index contributed by atoms with van der Waals surface area (Å²) in [5.41, 5.74) is 1.20. The summed E-state index contributed by atoms with van der Waals surface area (Å²) in [7, 11) is 5.51. The van der Waals surface area contributed by atoms with Gasteiger partial charge in [0.2, 0.25) is 5.91 Å². The smallest absolute Gasteiger partial charge is 0.230 e. The summed E-state index contributed by atoms with van der Waals surface area (Å²) in [6, 6.07) is 2.69. The van der Waals surface area contributed by atoms with Crippen molar-refractivity contribution in [3.8, 4) is 0 Å². The van der Waals surface area contributed by atoms with Crippen LogP contribution in [0.3, 0.4) is 0 Å². The maximum absolute atomic E-state index is 12.7. The molecular formula is C21H35N5OS. The number of aliphatic imine (C=N–C) groups is 1. The molecular weight excluding hydrogens is 370 g/mol. The third-order valence-electron chi connectivity index (χ3n) is 6.26. The second-order valence-electron chi connectivity index (χ2n) is 8.43. The van der Waals surface area contributed by atoms with Crippen LogP contribution in [0.4, 0.5) is 0 Å². The number of hydrogen-bond acceptors (Lipinski definition) is 4. The number of carbonyl (C=O) groups is 1. The van der Waals surface area contributed by atoms with Gasteiger partial charge in [-0.3, -0.25) is 14.7 Å². The molecule has 2 heterocycles. The molecule has 1 amide bonds. The molecule has 2 aliphatic rings. The largest absolute Gasteiger partial charge is 0.355 e. The molecule has 2 N–H and O–H groups in total. The second-order valence-corrected chi connectivity index (χ2v) is 9.43. The fourth-order valence-electron chi connectivity index (χ4n) is 4.49. The van der Waals surface area contributed by atoms with E-state index in [2.05, 4.69) is 38.9 Å². The van der Waals surface area contributed by atoms with E-state index >= 15 is 0 Å². The minimum Gasteiger partial charge on any atom is -0.355 e. The summed E-state index contributed by atoms with van der Waals surface area (Å²) >= 11 is 1.88. The average molecular weight is 406 g/mol. The lowest BCUT2D eigenvalue weighted by atomic mass is 9.84. The van der Waals surface area contributed by atoms with Gasteiger partial charge in [0.25, 0.3) is 0 Å². The maximum Gasteiger partial charge on any atom is 0.230 e. The molecule has 3 rings (SSSR count). The molecule has 1 aromatic heterocycles. The van der Waals surface area contributed by atoms with Crippen LogP contribution in [0.2, 0.25) is 0 Å². The van der Waals surface area contributed by atoms with Crippen molar-refractivity contribution in [2.24, 2.45) is 10.4 Å². The Morgan fingerprint density at radius 2 is 2.11 bits per heavy atom. The van der Waals surface area contributed by atoms with Gasteiger partial charge in [0.15, 0.2) is 5.96 Å². The van der Waals surface area contributed by atoms with E-state index < -0.39 is 0 Å². The van der Waals surface area contributed by atoms with Gasteiger partial charge in [-0.1, -0.05) is 12.8 Å². The number of nitrogens with one attached hydrogen (secondary N) is 2. The lowest BCUT2D eigenvalue weighted by Crippen LogP contribution is -2.51. The normalized spacial score (nSPS) is 20.5. The van der Waals surface area contributed by atoms with Crippen molar-refractivity contribution in [2.75, 3.05) is 40.8 Å². The van der Waals surface area contributed by atoms with Crippen molar-refractivity contribution in [1.82, 2.24) is 20.4 Å². The number of amides is 1. The second kappa shape index (κ2) is 9.27. The topological polar surface area (TPSA) is 60.0 Å². The van der Waals surface area contributed by atoms with Crippen LogP contribution in [0.1, 0.15) is 43.0 Å². The Morgan fingerprint density at radius 3 is 2.79 bits per heavy atom. The van der Waals surface area contributed by atoms with Crippen molar-refractivity contribution in [1.29, 1.82) is 0 Å². The number of carbonyl (C=O) groups excluding carboxylic acids is 1. The zero-order chi connectivity index (χ0) is 20.1. The Balaban J connectivity index is 1.50. The van der Waals surface area contributed by atoms with Gasteiger partial charge in [0.1, 0.15) is 0 Å². The first-order valence-electron chi connectivity index (χ1n) is 10.4. The number of thiophene rings is 1. The van der Waals surface area contributed by atoms with Gasteiger partial charge in [-0.25, -0.2) is 0 Å². The molecule has 0 spiro atoms. The quantitative estimate of drug-likeness (QED) is 0.563. The van der Waals surface area contributed by atoms with Gasteiger partial charge in [0.05, 0.1) is 5.41 Å². The van der Waals surface area contributed by atoms with Gasteiger partial charge in [-0.05, 0) is 43.2 Å². The predicted octanol–water partition coefficient (Wildman–Crippen LogP) is 2.31. The Hall–Kier alpha value is -1.60. The zero-order valence-electron chi connectivity index (χ0n) is 17.8. The minimum atomic E-state index is -0.283. The Morgan fingerprint density at radius 1 is 1.36 bits per heavy atom. The minimum absolute atomic E-state index is 0.237. The summed E-state index contributed by atoms with van der Waals surface area (Å²) in [6.07, 6.45) is 5.33. The Bertz CT molecular complexity index is 693. The van der Waals surface area contributed by atoms with Gasteiger partial charge in [-0.2, -0.15) is 0 Å². The molecule has 156 valence electrons. The SMILES string of the molecule is CN=C(NCC(C)N1CCc2sccc2C1)NCC1(C(=O)N(C)C)CCCC1. The highest BCUT2D eigenvalue weighted by molar-refractivity contribution is 7.10. The molecule has 28 heavy (non-hydrogen) atoms. The monoisotopic (exact) mass is 405 g/mol. The van der Waals surface area contributed by atoms with Crippen molar-refractivity contribution in [2.45, 2.75) is 51.6 Å². The molecule has 0 saturated heterocycles. The first kappa shape index (κ1) is 21.1. The van der Waals surface area contributed by atoms with Gasteiger partial charge >= 0.3 is 0 Å². The molecule has 1 aromatic rings. The number of hydrogen-bond donors (Lipinski definition) is 2. The van der Waals surface area contributed by atoms with E-state index in [1.807, 2.05) is 25.4 Å². The average Bonchev–Trinajstić information content (AvgIpc) is 3.36. The van der Waals surface area contributed by atoms with Crippen LogP contribution in [-0.2, 0) is 17.8 Å². The van der Waals surface area contributed by atoms with Gasteiger partial charge in [-0.15, -0.1) is 11.3 Å². The zero-order valence-corrected chi connectivity index (χ0v) is 18.6. The molecule has 7 heteroatoms. The molecule has 0 radical (unpaired) electrons. The van der Waals surface area contributed by atoms with Crippen molar-refractivity contribution < 1.29 is 4.79 Å². The lowest BCUT2D eigenvalue weighted by molar-refractivity contribution is -0.138. The first-order valence-corrected chi connectivity index (χ1v) is 11.3. The molecule has 1 saturated carbocycles. The summed E-state index contributed by atoms with van der Waals surface area (Å²) in [6.45, 7) is 5.91. The van der Waals surface area contributed by atoms with Crippen molar-refractivity contribution in [3.63, 3.8) is 0 Å². The van der Waals surface area contributed by atoms with E-state index in [4.69, 9.17) is 0 Å². The van der Waals surface area contributed by atoms with E-state index in [0.29, 0.717) is 12.6 Å². The molecule has 1 aliphatic heterocycles. The predicted molar refractivity (Wildman–Crippen MR) is 117 cm³/mol. The highest BCUT2D eigenvalue weighted by atomic mass is 32.1. The van der Waals surface area contributed by atoms with Crippen LogP contribution >= 0.6 is 11.3 Å². The summed E-state index contributed by atoms with van der Waals surface area (Å²) in [5, 5.41) is 9.11. The van der Waals surface area contributed by atoms with E-state index in [1.165, 1.54) is 5.56 Å². The van der Waals surface area contributed by atoms with Crippen LogP contribution in [0.5, 0.6) is 0 Å². The van der Waals surface area contributed by atoms with E-state index in [0.717, 1.165) is 57.7 Å². The van der Waals surface area contributed by atoms with Crippen LogP contribution in [0.15, 0.2) is 16.4 Å². The number of fused-ring (bicyclic) bond motifs is 1. The molecule has 0 aromatic carbocycles. The summed E-state index contributed by atoms with van der Waals surface area (Å²) in [4.78, 5) is 22.9. The molecule has 0 bridgehead atoms. The number of rotatable bonds is 6. The Labute approximate surface area is 173 Å². The van der Waals surface area contributed by atoms with Gasteiger partial charge in [0, 0.05) is 58.2 Å². The van der Waals surface area contributed by atoms with Gasteiger partial charge < -0.3 is 15.5 Å². The molecule has 1 atom stereocenters. The van der Waals surface area contributed by atoms with E-state index in [1.54, 1.807) is 16.8 Å². The maximum atomic E-state index is 12.7. The van der Waals surface area contributed by atoms with Crippen LogP contribution in [0, 0.1) is 5.41 Å². The molecule has 1 fully saturated rings.